The zero-order valence-corrected chi connectivity index (χ0v) is 6.75. The molecule has 2 rings (SSSR count). The van der Waals surface area contributed by atoms with Crippen LogP contribution in [0.15, 0.2) is 6.20 Å². The van der Waals surface area contributed by atoms with Crippen LogP contribution in [0.3, 0.4) is 0 Å². The summed E-state index contributed by atoms with van der Waals surface area (Å²) in [6.45, 7) is 0. The van der Waals surface area contributed by atoms with Gasteiger partial charge in [0.15, 0.2) is 0 Å². The van der Waals surface area contributed by atoms with E-state index < -0.39 is 0 Å². The molecule has 3 nitrogen and oxygen atoms in total. The van der Waals surface area contributed by atoms with Gasteiger partial charge in [0.1, 0.15) is 0 Å². The van der Waals surface area contributed by atoms with Gasteiger partial charge in [-0.3, -0.25) is 4.68 Å². The molecule has 11 heavy (non-hydrogen) atoms. The Bertz CT molecular complexity index is 264. The van der Waals surface area contributed by atoms with Gasteiger partial charge in [-0.15, -0.1) is 0 Å². The zero-order chi connectivity index (χ0) is 7.84. The van der Waals surface area contributed by atoms with Crippen molar-refractivity contribution in [2.24, 2.45) is 12.8 Å². The zero-order valence-electron chi connectivity index (χ0n) is 6.75. The number of aryl methyl sites for hydroxylation is 2. The standard InChI is InChI=1S/C8H13N3/c1-11-8-4-7(9)3-2-6(8)5-10-11/h5,7H,2-4,9H2,1H3/t7-/m1/s1. The number of rotatable bonds is 0. The average Bonchev–Trinajstić information content (AvgIpc) is 2.33. The maximum absolute atomic E-state index is 5.84. The van der Waals surface area contributed by atoms with Crippen LogP contribution in [0.5, 0.6) is 0 Å². The predicted octanol–water partition coefficient (Wildman–Crippen LogP) is 0.236. The van der Waals surface area contributed by atoms with Crippen molar-refractivity contribution in [1.29, 1.82) is 0 Å². The van der Waals surface area contributed by atoms with Gasteiger partial charge in [-0.1, -0.05) is 0 Å². The molecule has 1 heterocycles. The maximum Gasteiger partial charge on any atom is 0.0524 e. The van der Waals surface area contributed by atoms with Crippen LogP contribution in [-0.4, -0.2) is 15.8 Å². The minimum Gasteiger partial charge on any atom is -0.327 e. The molecular formula is C8H13N3. The predicted molar refractivity (Wildman–Crippen MR) is 43.2 cm³/mol. The molecule has 1 aliphatic rings. The molecule has 0 unspecified atom stereocenters. The lowest BCUT2D eigenvalue weighted by atomic mass is 9.94. The van der Waals surface area contributed by atoms with Gasteiger partial charge >= 0.3 is 0 Å². The molecule has 60 valence electrons. The van der Waals surface area contributed by atoms with E-state index in [9.17, 15) is 0 Å². The summed E-state index contributed by atoms with van der Waals surface area (Å²) in [7, 11) is 1.98. The van der Waals surface area contributed by atoms with E-state index in [1.807, 2.05) is 17.9 Å². The number of nitrogens with zero attached hydrogens (tertiary/aromatic N) is 2. The third-order valence-corrected chi connectivity index (χ3v) is 2.39. The number of aromatic nitrogens is 2. The van der Waals surface area contributed by atoms with E-state index in [4.69, 9.17) is 5.73 Å². The highest BCUT2D eigenvalue weighted by molar-refractivity contribution is 5.21. The van der Waals surface area contributed by atoms with E-state index in [-0.39, 0.29) is 0 Å². The summed E-state index contributed by atoms with van der Waals surface area (Å²) in [6, 6.07) is 0.345. The first-order chi connectivity index (χ1) is 5.27. The third kappa shape index (κ3) is 1.05. The second kappa shape index (κ2) is 2.34. The Balaban J connectivity index is 2.37. The van der Waals surface area contributed by atoms with Crippen LogP contribution in [-0.2, 0) is 19.9 Å². The van der Waals surface area contributed by atoms with Crippen molar-refractivity contribution in [3.05, 3.63) is 17.5 Å². The molecule has 1 atom stereocenters. The van der Waals surface area contributed by atoms with E-state index in [0.29, 0.717) is 6.04 Å². The lowest BCUT2D eigenvalue weighted by Crippen LogP contribution is -2.28. The molecule has 0 saturated heterocycles. The maximum atomic E-state index is 5.84. The smallest absolute Gasteiger partial charge is 0.0524 e. The molecule has 1 aromatic rings. The summed E-state index contributed by atoms with van der Waals surface area (Å²) < 4.78 is 1.94. The molecule has 2 N–H and O–H groups in total. The van der Waals surface area contributed by atoms with Gasteiger partial charge in [-0.2, -0.15) is 5.10 Å². The van der Waals surface area contributed by atoms with Crippen LogP contribution >= 0.6 is 0 Å². The Hall–Kier alpha value is -0.830. The van der Waals surface area contributed by atoms with E-state index in [1.54, 1.807) is 0 Å². The topological polar surface area (TPSA) is 43.8 Å². The fourth-order valence-electron chi connectivity index (χ4n) is 1.67. The van der Waals surface area contributed by atoms with Gasteiger partial charge < -0.3 is 5.73 Å². The van der Waals surface area contributed by atoms with Crippen molar-refractivity contribution >= 4 is 0 Å². The summed E-state index contributed by atoms with van der Waals surface area (Å²) in [5.41, 5.74) is 8.54. The van der Waals surface area contributed by atoms with Crippen LogP contribution in [0.2, 0.25) is 0 Å². The largest absolute Gasteiger partial charge is 0.327 e. The van der Waals surface area contributed by atoms with Gasteiger partial charge in [0.05, 0.1) is 6.20 Å². The molecule has 1 aromatic heterocycles. The summed E-state index contributed by atoms with van der Waals surface area (Å²) in [4.78, 5) is 0. The second-order valence-electron chi connectivity index (χ2n) is 3.24. The molecule has 0 spiro atoms. The van der Waals surface area contributed by atoms with E-state index in [1.165, 1.54) is 11.3 Å². The van der Waals surface area contributed by atoms with Crippen LogP contribution in [0.1, 0.15) is 17.7 Å². The first-order valence-electron chi connectivity index (χ1n) is 4.02. The van der Waals surface area contributed by atoms with Gasteiger partial charge in [-0.05, 0) is 18.4 Å². The van der Waals surface area contributed by atoms with Gasteiger partial charge in [0, 0.05) is 25.2 Å². The lowest BCUT2D eigenvalue weighted by molar-refractivity contribution is 0.547. The molecule has 0 bridgehead atoms. The molecule has 0 radical (unpaired) electrons. The number of hydrogen-bond donors (Lipinski definition) is 1. The normalized spacial score (nSPS) is 23.3. The summed E-state index contributed by atoms with van der Waals surface area (Å²) >= 11 is 0. The highest BCUT2D eigenvalue weighted by atomic mass is 15.3. The van der Waals surface area contributed by atoms with Crippen molar-refractivity contribution < 1.29 is 0 Å². The van der Waals surface area contributed by atoms with Gasteiger partial charge in [0.2, 0.25) is 0 Å². The molecule has 0 amide bonds. The number of hydrogen-bond acceptors (Lipinski definition) is 2. The Morgan fingerprint density at radius 1 is 1.73 bits per heavy atom. The molecule has 3 heteroatoms. The Kier molecular flexibility index (Phi) is 1.46. The number of nitrogens with two attached hydrogens (primary N) is 1. The third-order valence-electron chi connectivity index (χ3n) is 2.39. The summed E-state index contributed by atoms with van der Waals surface area (Å²) in [6.07, 6.45) is 5.16. The van der Waals surface area contributed by atoms with Gasteiger partial charge in [-0.25, -0.2) is 0 Å². The monoisotopic (exact) mass is 151 g/mol. The van der Waals surface area contributed by atoms with E-state index in [2.05, 4.69) is 5.10 Å². The highest BCUT2D eigenvalue weighted by Crippen LogP contribution is 2.18. The first kappa shape index (κ1) is 6.85. The van der Waals surface area contributed by atoms with Crippen LogP contribution in [0.4, 0.5) is 0 Å². The van der Waals surface area contributed by atoms with E-state index in [0.717, 1.165) is 19.3 Å². The van der Waals surface area contributed by atoms with Crippen molar-refractivity contribution in [3.63, 3.8) is 0 Å². The molecule has 0 aliphatic heterocycles. The van der Waals surface area contributed by atoms with Crippen LogP contribution in [0, 0.1) is 0 Å². The number of fused-ring (bicyclic) bond motifs is 1. The SMILES string of the molecule is Cn1ncc2c1C[C@H](N)CC2. The van der Waals surface area contributed by atoms with Crippen LogP contribution in [0.25, 0.3) is 0 Å². The molecular weight excluding hydrogens is 138 g/mol. The fourth-order valence-corrected chi connectivity index (χ4v) is 1.67. The van der Waals surface area contributed by atoms with E-state index >= 15 is 0 Å². The average molecular weight is 151 g/mol. The summed E-state index contributed by atoms with van der Waals surface area (Å²) in [5, 5.41) is 4.19. The summed E-state index contributed by atoms with van der Waals surface area (Å²) in [5.74, 6) is 0. The van der Waals surface area contributed by atoms with Crippen molar-refractivity contribution in [2.75, 3.05) is 0 Å². The van der Waals surface area contributed by atoms with Crippen molar-refractivity contribution in [3.8, 4) is 0 Å². The first-order valence-corrected chi connectivity index (χ1v) is 4.02. The minimum atomic E-state index is 0.345. The second-order valence-corrected chi connectivity index (χ2v) is 3.24. The molecule has 0 saturated carbocycles. The fraction of sp³-hybridized carbons (Fsp3) is 0.625. The molecule has 1 aliphatic carbocycles. The van der Waals surface area contributed by atoms with Crippen LogP contribution < -0.4 is 5.73 Å². The van der Waals surface area contributed by atoms with Crippen molar-refractivity contribution in [1.82, 2.24) is 9.78 Å². The Morgan fingerprint density at radius 2 is 2.55 bits per heavy atom. The molecule has 0 fully saturated rings. The van der Waals surface area contributed by atoms with Crippen molar-refractivity contribution in [2.45, 2.75) is 25.3 Å². The Morgan fingerprint density at radius 3 is 3.36 bits per heavy atom. The molecule has 0 aromatic carbocycles. The quantitative estimate of drug-likeness (QED) is 0.577. The van der Waals surface area contributed by atoms with Gasteiger partial charge in [0.25, 0.3) is 0 Å². The Labute approximate surface area is 66.2 Å². The highest BCUT2D eigenvalue weighted by Gasteiger charge is 2.18. The minimum absolute atomic E-state index is 0.345. The lowest BCUT2D eigenvalue weighted by Gasteiger charge is -2.18.